The summed E-state index contributed by atoms with van der Waals surface area (Å²) in [6, 6.07) is 9.57. The Morgan fingerprint density at radius 3 is 2.24 bits per heavy atom. The third-order valence-electron chi connectivity index (χ3n) is 4.55. The zero-order valence-electron chi connectivity index (χ0n) is 12.4. The van der Waals surface area contributed by atoms with Crippen molar-refractivity contribution < 1.29 is 9.59 Å². The lowest BCUT2D eigenvalue weighted by Crippen LogP contribution is -2.71. The van der Waals surface area contributed by atoms with Crippen molar-refractivity contribution in [3.05, 3.63) is 35.9 Å². The molecular formula is C15H20N4O2. The Labute approximate surface area is 124 Å². The van der Waals surface area contributed by atoms with Crippen molar-refractivity contribution in [3.63, 3.8) is 0 Å². The maximum absolute atomic E-state index is 12.2. The first-order valence-electron chi connectivity index (χ1n) is 7.12. The lowest BCUT2D eigenvalue weighted by atomic mass is 9.81. The quantitative estimate of drug-likeness (QED) is 0.819. The second-order valence-electron chi connectivity index (χ2n) is 5.79. The van der Waals surface area contributed by atoms with Crippen LogP contribution in [0, 0.1) is 5.92 Å². The maximum Gasteiger partial charge on any atom is 0.319 e. The SMILES string of the molecule is C[C@@H]1NC(=O)N(C)[C@H]2NC(=O)N(C)[C@@H](c3ccccc3)[C@H]12. The first-order chi connectivity index (χ1) is 10.0. The van der Waals surface area contributed by atoms with Crippen LogP contribution in [-0.2, 0) is 0 Å². The van der Waals surface area contributed by atoms with Crippen molar-refractivity contribution in [2.75, 3.05) is 14.1 Å². The minimum absolute atomic E-state index is 0.0213. The molecule has 2 saturated heterocycles. The molecule has 0 unspecified atom stereocenters. The van der Waals surface area contributed by atoms with E-state index in [0.717, 1.165) is 5.56 Å². The number of fused-ring (bicyclic) bond motifs is 1. The summed E-state index contributed by atoms with van der Waals surface area (Å²) in [5.74, 6) is 0.0813. The minimum atomic E-state index is -0.289. The van der Waals surface area contributed by atoms with E-state index in [1.807, 2.05) is 37.3 Å². The van der Waals surface area contributed by atoms with Crippen molar-refractivity contribution in [1.82, 2.24) is 20.4 Å². The van der Waals surface area contributed by atoms with Crippen LogP contribution in [0.3, 0.4) is 0 Å². The summed E-state index contributed by atoms with van der Waals surface area (Å²) in [7, 11) is 3.51. The average Bonchev–Trinajstić information content (AvgIpc) is 2.48. The number of hydrogen-bond acceptors (Lipinski definition) is 2. The van der Waals surface area contributed by atoms with Gasteiger partial charge in [-0.25, -0.2) is 9.59 Å². The van der Waals surface area contributed by atoms with E-state index in [1.165, 1.54) is 0 Å². The first kappa shape index (κ1) is 13.7. The van der Waals surface area contributed by atoms with Gasteiger partial charge >= 0.3 is 12.1 Å². The van der Waals surface area contributed by atoms with Crippen LogP contribution in [0.4, 0.5) is 9.59 Å². The van der Waals surface area contributed by atoms with Crippen molar-refractivity contribution in [3.8, 4) is 0 Å². The summed E-state index contributed by atoms with van der Waals surface area (Å²) in [5.41, 5.74) is 1.08. The molecule has 6 nitrogen and oxygen atoms in total. The summed E-state index contributed by atoms with van der Waals surface area (Å²) in [4.78, 5) is 27.5. The van der Waals surface area contributed by atoms with E-state index in [0.29, 0.717) is 0 Å². The van der Waals surface area contributed by atoms with E-state index in [2.05, 4.69) is 10.6 Å². The van der Waals surface area contributed by atoms with E-state index in [-0.39, 0.29) is 36.2 Å². The number of hydrogen-bond donors (Lipinski definition) is 2. The number of amides is 4. The van der Waals surface area contributed by atoms with Gasteiger partial charge in [-0.15, -0.1) is 0 Å². The highest BCUT2D eigenvalue weighted by Crippen LogP contribution is 2.38. The number of nitrogens with zero attached hydrogens (tertiary/aromatic N) is 2. The van der Waals surface area contributed by atoms with Gasteiger partial charge in [-0.3, -0.25) is 0 Å². The fraction of sp³-hybridized carbons (Fsp3) is 0.467. The van der Waals surface area contributed by atoms with Crippen LogP contribution in [0.25, 0.3) is 0 Å². The standard InChI is InChI=1S/C15H20N4O2/c1-9-11-12(10-7-5-4-6-8-10)18(2)15(21)17-13(11)19(3)14(20)16-9/h4-9,11-13H,1-3H3,(H,16,20)(H,17,21)/t9-,11-,12-,13+/m0/s1. The van der Waals surface area contributed by atoms with E-state index < -0.39 is 0 Å². The lowest BCUT2D eigenvalue weighted by Gasteiger charge is -2.52. The van der Waals surface area contributed by atoms with E-state index in [1.54, 1.807) is 23.9 Å². The second-order valence-corrected chi connectivity index (χ2v) is 5.79. The fourth-order valence-corrected chi connectivity index (χ4v) is 3.40. The molecule has 2 N–H and O–H groups in total. The van der Waals surface area contributed by atoms with Crippen molar-refractivity contribution in [2.24, 2.45) is 5.92 Å². The Morgan fingerprint density at radius 1 is 0.952 bits per heavy atom. The lowest BCUT2D eigenvalue weighted by molar-refractivity contribution is 0.0248. The Morgan fingerprint density at radius 2 is 1.57 bits per heavy atom. The van der Waals surface area contributed by atoms with Gasteiger partial charge in [0.1, 0.15) is 6.17 Å². The van der Waals surface area contributed by atoms with Crippen LogP contribution in [0.2, 0.25) is 0 Å². The monoisotopic (exact) mass is 288 g/mol. The number of benzene rings is 1. The maximum atomic E-state index is 12.2. The normalized spacial score (nSPS) is 32.3. The van der Waals surface area contributed by atoms with Crippen LogP contribution >= 0.6 is 0 Å². The molecule has 3 rings (SSSR count). The van der Waals surface area contributed by atoms with Gasteiger partial charge in [0.15, 0.2) is 0 Å². The van der Waals surface area contributed by atoms with Crippen LogP contribution in [0.1, 0.15) is 18.5 Å². The van der Waals surface area contributed by atoms with Gasteiger partial charge in [0.2, 0.25) is 0 Å². The topological polar surface area (TPSA) is 64.7 Å². The third kappa shape index (κ3) is 2.11. The summed E-state index contributed by atoms with van der Waals surface area (Å²) in [5, 5.41) is 5.90. The van der Waals surface area contributed by atoms with Gasteiger partial charge < -0.3 is 20.4 Å². The molecule has 0 aliphatic carbocycles. The van der Waals surface area contributed by atoms with Crippen LogP contribution in [-0.4, -0.2) is 48.2 Å². The molecule has 4 amide bonds. The molecule has 2 fully saturated rings. The molecule has 0 saturated carbocycles. The van der Waals surface area contributed by atoms with Crippen LogP contribution in [0.5, 0.6) is 0 Å². The molecule has 21 heavy (non-hydrogen) atoms. The predicted octanol–water partition coefficient (Wildman–Crippen LogP) is 1.37. The van der Waals surface area contributed by atoms with Gasteiger partial charge in [-0.2, -0.15) is 0 Å². The highest BCUT2D eigenvalue weighted by molar-refractivity contribution is 5.80. The first-order valence-corrected chi connectivity index (χ1v) is 7.12. The zero-order valence-corrected chi connectivity index (χ0v) is 12.4. The Kier molecular flexibility index (Phi) is 3.23. The van der Waals surface area contributed by atoms with Gasteiger partial charge in [-0.05, 0) is 12.5 Å². The van der Waals surface area contributed by atoms with Gasteiger partial charge in [0, 0.05) is 26.1 Å². The molecule has 4 atom stereocenters. The van der Waals surface area contributed by atoms with E-state index in [4.69, 9.17) is 0 Å². The van der Waals surface area contributed by atoms with Crippen molar-refractivity contribution >= 4 is 12.1 Å². The molecular weight excluding hydrogens is 268 g/mol. The highest BCUT2D eigenvalue weighted by Gasteiger charge is 2.49. The molecule has 2 heterocycles. The Bertz CT molecular complexity index is 562. The van der Waals surface area contributed by atoms with E-state index in [9.17, 15) is 9.59 Å². The largest absolute Gasteiger partial charge is 0.335 e. The highest BCUT2D eigenvalue weighted by atomic mass is 16.2. The molecule has 0 spiro atoms. The summed E-state index contributed by atoms with van der Waals surface area (Å²) in [6.07, 6.45) is -0.289. The van der Waals surface area contributed by atoms with Crippen LogP contribution < -0.4 is 10.6 Å². The van der Waals surface area contributed by atoms with Gasteiger partial charge in [0.25, 0.3) is 0 Å². The molecule has 112 valence electrons. The minimum Gasteiger partial charge on any atom is -0.335 e. The summed E-state index contributed by atoms with van der Waals surface area (Å²) in [6.45, 7) is 1.99. The van der Waals surface area contributed by atoms with Crippen molar-refractivity contribution in [2.45, 2.75) is 25.2 Å². The number of rotatable bonds is 1. The van der Waals surface area contributed by atoms with Gasteiger partial charge in [-0.1, -0.05) is 30.3 Å². The number of nitrogens with one attached hydrogen (secondary N) is 2. The van der Waals surface area contributed by atoms with Gasteiger partial charge in [0.05, 0.1) is 6.04 Å². The number of carbonyl (C=O) groups is 2. The third-order valence-corrected chi connectivity index (χ3v) is 4.55. The van der Waals surface area contributed by atoms with Crippen LogP contribution in [0.15, 0.2) is 30.3 Å². The Hall–Kier alpha value is -2.24. The molecule has 0 aromatic heterocycles. The van der Waals surface area contributed by atoms with Crippen molar-refractivity contribution in [1.29, 1.82) is 0 Å². The molecule has 1 aromatic rings. The Balaban J connectivity index is 2.03. The molecule has 0 radical (unpaired) electrons. The zero-order chi connectivity index (χ0) is 15.1. The predicted molar refractivity (Wildman–Crippen MR) is 78.5 cm³/mol. The molecule has 6 heteroatoms. The van der Waals surface area contributed by atoms with E-state index >= 15 is 0 Å². The molecule has 0 bridgehead atoms. The second kappa shape index (κ2) is 4.95. The molecule has 1 aromatic carbocycles. The molecule has 2 aliphatic heterocycles. The fourth-order valence-electron chi connectivity index (χ4n) is 3.40. The summed E-state index contributed by atoms with van der Waals surface area (Å²) >= 11 is 0. The summed E-state index contributed by atoms with van der Waals surface area (Å²) < 4.78 is 0. The molecule has 2 aliphatic rings. The smallest absolute Gasteiger partial charge is 0.319 e. The number of urea groups is 2. The number of carbonyl (C=O) groups excluding carboxylic acids is 2. The average molecular weight is 288 g/mol.